The van der Waals surface area contributed by atoms with Crippen molar-refractivity contribution < 1.29 is 22.7 Å². The number of anilines is 1. The van der Waals surface area contributed by atoms with Gasteiger partial charge in [-0.25, -0.2) is 4.68 Å². The molecule has 10 heteroatoms. The normalized spacial score (nSPS) is 11.4. The highest BCUT2D eigenvalue weighted by molar-refractivity contribution is 5.90. The molecule has 1 amide bonds. The molecule has 2 aromatic carbocycles. The Bertz CT molecular complexity index is 1020. The molecule has 0 radical (unpaired) electrons. The van der Waals surface area contributed by atoms with Crippen LogP contribution in [0.1, 0.15) is 6.42 Å². The van der Waals surface area contributed by atoms with Crippen molar-refractivity contribution in [3.05, 3.63) is 58.9 Å². The number of aryl methyl sites for hydroxylation is 1. The summed E-state index contributed by atoms with van der Waals surface area (Å²) in [4.78, 5) is 24.3. The van der Waals surface area contributed by atoms with Crippen molar-refractivity contribution in [3.8, 4) is 5.75 Å². The molecule has 140 valence electrons. The van der Waals surface area contributed by atoms with Crippen LogP contribution in [-0.4, -0.2) is 27.3 Å². The summed E-state index contributed by atoms with van der Waals surface area (Å²) >= 11 is 0. The zero-order chi connectivity index (χ0) is 19.4. The number of carbonyl (C=O) groups excluding carboxylic acids is 1. The fourth-order valence-electron chi connectivity index (χ4n) is 2.34. The molecule has 1 aromatic heterocycles. The van der Waals surface area contributed by atoms with Gasteiger partial charge < -0.3 is 10.1 Å². The van der Waals surface area contributed by atoms with Crippen molar-refractivity contribution in [1.82, 2.24) is 15.0 Å². The van der Waals surface area contributed by atoms with Crippen LogP contribution in [0.4, 0.5) is 18.9 Å². The third-order valence-corrected chi connectivity index (χ3v) is 3.55. The summed E-state index contributed by atoms with van der Waals surface area (Å²) in [6.07, 6.45) is -4.84. The van der Waals surface area contributed by atoms with Crippen molar-refractivity contribution in [2.75, 3.05) is 5.32 Å². The first-order chi connectivity index (χ1) is 12.8. The molecule has 0 bridgehead atoms. The van der Waals surface area contributed by atoms with Crippen molar-refractivity contribution in [2.45, 2.75) is 19.3 Å². The third kappa shape index (κ3) is 4.81. The fourth-order valence-corrected chi connectivity index (χ4v) is 2.34. The summed E-state index contributed by atoms with van der Waals surface area (Å²) in [7, 11) is 0. The average Bonchev–Trinajstić information content (AvgIpc) is 2.62. The number of aromatic nitrogens is 3. The SMILES string of the molecule is O=C(CCn1nnc2ccccc2c1=O)Nc1ccc(OC(F)(F)F)cc1. The first-order valence-corrected chi connectivity index (χ1v) is 7.80. The maximum atomic E-state index is 12.3. The second-order valence-electron chi connectivity index (χ2n) is 5.51. The number of carbonyl (C=O) groups is 1. The number of amides is 1. The van der Waals surface area contributed by atoms with E-state index < -0.39 is 18.0 Å². The number of hydrogen-bond donors (Lipinski definition) is 1. The molecule has 0 aliphatic heterocycles. The summed E-state index contributed by atoms with van der Waals surface area (Å²) in [5.41, 5.74) is 0.401. The Kier molecular flexibility index (Phi) is 5.06. The van der Waals surface area contributed by atoms with Crippen LogP contribution in [0.3, 0.4) is 0 Å². The van der Waals surface area contributed by atoms with Crippen molar-refractivity contribution in [2.24, 2.45) is 0 Å². The number of benzene rings is 2. The molecule has 3 rings (SSSR count). The molecule has 1 heterocycles. The number of hydrogen-bond acceptors (Lipinski definition) is 5. The van der Waals surface area contributed by atoms with Crippen LogP contribution in [0, 0.1) is 0 Å². The Labute approximate surface area is 150 Å². The van der Waals surface area contributed by atoms with E-state index in [2.05, 4.69) is 20.4 Å². The Balaban J connectivity index is 1.60. The van der Waals surface area contributed by atoms with Crippen molar-refractivity contribution in [3.63, 3.8) is 0 Å². The van der Waals surface area contributed by atoms with Crippen LogP contribution in [0.5, 0.6) is 5.75 Å². The van der Waals surface area contributed by atoms with Crippen molar-refractivity contribution in [1.29, 1.82) is 0 Å². The monoisotopic (exact) mass is 378 g/mol. The molecule has 0 fully saturated rings. The number of ether oxygens (including phenoxy) is 1. The van der Waals surface area contributed by atoms with E-state index in [4.69, 9.17) is 0 Å². The van der Waals surface area contributed by atoms with Crippen LogP contribution in [-0.2, 0) is 11.3 Å². The second-order valence-corrected chi connectivity index (χ2v) is 5.51. The van der Waals surface area contributed by atoms with Gasteiger partial charge in [-0.15, -0.1) is 18.3 Å². The van der Waals surface area contributed by atoms with Gasteiger partial charge >= 0.3 is 6.36 Å². The zero-order valence-corrected chi connectivity index (χ0v) is 13.7. The molecular weight excluding hydrogens is 365 g/mol. The van der Waals surface area contributed by atoms with Crippen LogP contribution >= 0.6 is 0 Å². The molecule has 0 aliphatic carbocycles. The van der Waals surface area contributed by atoms with Crippen molar-refractivity contribution >= 4 is 22.5 Å². The summed E-state index contributed by atoms with van der Waals surface area (Å²) < 4.78 is 41.2. The maximum absolute atomic E-state index is 12.3. The molecular formula is C17H13F3N4O3. The minimum Gasteiger partial charge on any atom is -0.406 e. The highest BCUT2D eigenvalue weighted by Crippen LogP contribution is 2.23. The first-order valence-electron chi connectivity index (χ1n) is 7.80. The number of halogens is 3. The predicted octanol–water partition coefficient (Wildman–Crippen LogP) is 2.72. The van der Waals surface area contributed by atoms with Gasteiger partial charge in [-0.2, -0.15) is 0 Å². The van der Waals surface area contributed by atoms with E-state index in [1.165, 1.54) is 12.1 Å². The molecule has 7 nitrogen and oxygen atoms in total. The van der Waals surface area contributed by atoms with E-state index in [0.717, 1.165) is 16.8 Å². The van der Waals surface area contributed by atoms with E-state index in [1.807, 2.05) is 0 Å². The molecule has 3 aromatic rings. The molecule has 0 saturated heterocycles. The number of nitrogens with zero attached hydrogens (tertiary/aromatic N) is 3. The van der Waals surface area contributed by atoms with Gasteiger partial charge in [0.25, 0.3) is 5.56 Å². The lowest BCUT2D eigenvalue weighted by Crippen LogP contribution is -2.26. The lowest BCUT2D eigenvalue weighted by Gasteiger charge is -2.10. The van der Waals surface area contributed by atoms with Gasteiger partial charge in [-0.3, -0.25) is 9.59 Å². The number of fused-ring (bicyclic) bond motifs is 1. The predicted molar refractivity (Wildman–Crippen MR) is 90.2 cm³/mol. The molecule has 0 saturated carbocycles. The third-order valence-electron chi connectivity index (χ3n) is 3.55. The van der Waals surface area contributed by atoms with Crippen LogP contribution in [0.15, 0.2) is 53.3 Å². The number of rotatable bonds is 5. The topological polar surface area (TPSA) is 86.1 Å². The summed E-state index contributed by atoms with van der Waals surface area (Å²) in [6.45, 7) is 0.0117. The fraction of sp³-hybridized carbons (Fsp3) is 0.176. The van der Waals surface area contributed by atoms with Gasteiger partial charge in [0.15, 0.2) is 0 Å². The lowest BCUT2D eigenvalue weighted by atomic mass is 10.2. The highest BCUT2D eigenvalue weighted by atomic mass is 19.4. The highest BCUT2D eigenvalue weighted by Gasteiger charge is 2.30. The van der Waals surface area contributed by atoms with Gasteiger partial charge in [0.2, 0.25) is 5.91 Å². The van der Waals surface area contributed by atoms with Crippen LogP contribution < -0.4 is 15.6 Å². The Morgan fingerprint density at radius 2 is 1.81 bits per heavy atom. The molecule has 0 spiro atoms. The minimum atomic E-state index is -4.78. The average molecular weight is 378 g/mol. The van der Waals surface area contributed by atoms with Crippen LogP contribution in [0.2, 0.25) is 0 Å². The smallest absolute Gasteiger partial charge is 0.406 e. The minimum absolute atomic E-state index is 0.0117. The van der Waals surface area contributed by atoms with E-state index >= 15 is 0 Å². The number of alkyl halides is 3. The van der Waals surface area contributed by atoms with Crippen LogP contribution in [0.25, 0.3) is 10.9 Å². The Morgan fingerprint density at radius 3 is 2.52 bits per heavy atom. The molecule has 27 heavy (non-hydrogen) atoms. The molecule has 0 atom stereocenters. The zero-order valence-electron chi connectivity index (χ0n) is 13.7. The molecule has 1 N–H and O–H groups in total. The second kappa shape index (κ2) is 7.44. The number of nitrogens with one attached hydrogen (secondary N) is 1. The van der Waals surface area contributed by atoms with Gasteiger partial charge in [0.1, 0.15) is 11.3 Å². The summed E-state index contributed by atoms with van der Waals surface area (Å²) in [5.74, 6) is -0.820. The van der Waals surface area contributed by atoms with E-state index in [0.29, 0.717) is 16.6 Å². The lowest BCUT2D eigenvalue weighted by molar-refractivity contribution is -0.274. The quantitative estimate of drug-likeness (QED) is 0.738. The summed E-state index contributed by atoms with van der Waals surface area (Å²) in [5, 5.41) is 10.6. The summed E-state index contributed by atoms with van der Waals surface area (Å²) in [6, 6.07) is 11.4. The maximum Gasteiger partial charge on any atom is 0.573 e. The Hall–Kier alpha value is -3.43. The first kappa shape index (κ1) is 18.4. The van der Waals surface area contributed by atoms with Gasteiger partial charge in [-0.1, -0.05) is 17.3 Å². The standard InChI is InChI=1S/C17H13F3N4O3/c18-17(19,20)27-12-7-5-11(6-8-12)21-15(25)9-10-24-16(26)13-3-1-2-4-14(13)22-23-24/h1-8H,9-10H2,(H,21,25). The van der Waals surface area contributed by atoms with Gasteiger partial charge in [0, 0.05) is 12.1 Å². The van der Waals surface area contributed by atoms with E-state index in [1.54, 1.807) is 24.3 Å². The largest absolute Gasteiger partial charge is 0.573 e. The molecule has 0 unspecified atom stereocenters. The van der Waals surface area contributed by atoms with Gasteiger partial charge in [-0.05, 0) is 36.4 Å². The van der Waals surface area contributed by atoms with Gasteiger partial charge in [0.05, 0.1) is 11.9 Å². The van der Waals surface area contributed by atoms with E-state index in [-0.39, 0.29) is 18.5 Å². The molecule has 0 aliphatic rings. The van der Waals surface area contributed by atoms with E-state index in [9.17, 15) is 22.8 Å². The Morgan fingerprint density at radius 1 is 1.11 bits per heavy atom.